The van der Waals surface area contributed by atoms with Gasteiger partial charge in [0.05, 0.1) is 6.04 Å². The topological polar surface area (TPSA) is 74.3 Å². The van der Waals surface area contributed by atoms with Crippen molar-refractivity contribution >= 4 is 46.0 Å². The summed E-state index contributed by atoms with van der Waals surface area (Å²) in [6, 6.07) is 3.59. The van der Waals surface area contributed by atoms with Crippen LogP contribution in [0.5, 0.6) is 0 Å². The van der Waals surface area contributed by atoms with Crippen molar-refractivity contribution in [3.8, 4) is 0 Å². The van der Waals surface area contributed by atoms with E-state index in [1.807, 2.05) is 11.0 Å². The summed E-state index contributed by atoms with van der Waals surface area (Å²) in [6.07, 6.45) is 5.07. The number of piperidine rings is 1. The minimum absolute atomic E-state index is 0. The number of amides is 2. The molecule has 0 aromatic carbocycles. The van der Waals surface area contributed by atoms with Crippen LogP contribution in [0.25, 0.3) is 0 Å². The molecule has 3 rings (SSSR count). The Hall–Kier alpha value is -1.18. The molecule has 0 bridgehead atoms. The van der Waals surface area contributed by atoms with Crippen LogP contribution in [0, 0.1) is 5.92 Å². The summed E-state index contributed by atoms with van der Waals surface area (Å²) < 4.78 is 0.878. The van der Waals surface area contributed by atoms with Gasteiger partial charge in [0, 0.05) is 29.7 Å². The van der Waals surface area contributed by atoms with Gasteiger partial charge in [0.15, 0.2) is 0 Å². The fourth-order valence-electron chi connectivity index (χ4n) is 3.16. The molecule has 0 spiro atoms. The third kappa shape index (κ3) is 4.68. The smallest absolute Gasteiger partial charge is 0.239 e. The Morgan fingerprint density at radius 2 is 2.00 bits per heavy atom. The van der Waals surface area contributed by atoms with E-state index in [-0.39, 0.29) is 36.2 Å². The molecule has 1 atom stereocenters. The highest BCUT2D eigenvalue weighted by molar-refractivity contribution is 9.10. The standard InChI is InChI=1S/C16H21BrN4O2.ClH/c17-12-3-4-14(19-10-12)20-15(22)11-5-8-21(9-6-11)16(23)13-2-1-7-18-13;/h3-4,10-11,13,18H,1-2,5-9H2,(H,19,20,22);1H. The molecule has 0 saturated carbocycles. The lowest BCUT2D eigenvalue weighted by Crippen LogP contribution is -2.48. The molecule has 8 heteroatoms. The van der Waals surface area contributed by atoms with Crippen LogP contribution in [0.1, 0.15) is 25.7 Å². The number of nitrogens with zero attached hydrogens (tertiary/aromatic N) is 2. The highest BCUT2D eigenvalue weighted by Crippen LogP contribution is 2.21. The van der Waals surface area contributed by atoms with Crippen LogP contribution in [-0.2, 0) is 9.59 Å². The molecule has 2 fully saturated rings. The van der Waals surface area contributed by atoms with Crippen molar-refractivity contribution in [2.45, 2.75) is 31.7 Å². The Morgan fingerprint density at radius 3 is 2.58 bits per heavy atom. The highest BCUT2D eigenvalue weighted by atomic mass is 79.9. The number of anilines is 1. The van der Waals surface area contributed by atoms with Crippen LogP contribution in [-0.4, -0.2) is 47.4 Å². The summed E-state index contributed by atoms with van der Waals surface area (Å²) in [5.41, 5.74) is 0. The van der Waals surface area contributed by atoms with Gasteiger partial charge in [-0.05, 0) is 60.3 Å². The lowest BCUT2D eigenvalue weighted by atomic mass is 9.95. The molecule has 24 heavy (non-hydrogen) atoms. The number of carbonyl (C=O) groups is 2. The molecule has 1 aromatic heterocycles. The number of hydrogen-bond donors (Lipinski definition) is 2. The number of rotatable bonds is 3. The minimum Gasteiger partial charge on any atom is -0.341 e. The summed E-state index contributed by atoms with van der Waals surface area (Å²) in [6.45, 7) is 2.24. The number of nitrogens with one attached hydrogen (secondary N) is 2. The van der Waals surface area contributed by atoms with E-state index in [9.17, 15) is 9.59 Å². The number of pyridine rings is 1. The molecular formula is C16H22BrClN4O2. The molecule has 1 aromatic rings. The van der Waals surface area contributed by atoms with Gasteiger partial charge in [-0.15, -0.1) is 12.4 Å². The van der Waals surface area contributed by atoms with E-state index in [1.165, 1.54) is 0 Å². The van der Waals surface area contributed by atoms with E-state index >= 15 is 0 Å². The Kier molecular flexibility index (Phi) is 7.01. The first kappa shape index (κ1) is 19.1. The lowest BCUT2D eigenvalue weighted by molar-refractivity contribution is -0.136. The van der Waals surface area contributed by atoms with Crippen LogP contribution in [0.3, 0.4) is 0 Å². The van der Waals surface area contributed by atoms with Gasteiger partial charge in [-0.3, -0.25) is 9.59 Å². The van der Waals surface area contributed by atoms with E-state index < -0.39 is 0 Å². The van der Waals surface area contributed by atoms with Crippen molar-refractivity contribution in [2.75, 3.05) is 25.0 Å². The van der Waals surface area contributed by atoms with Gasteiger partial charge in [0.2, 0.25) is 11.8 Å². The summed E-state index contributed by atoms with van der Waals surface area (Å²) in [5, 5.41) is 6.09. The second-order valence-electron chi connectivity index (χ2n) is 6.10. The average Bonchev–Trinajstić information content (AvgIpc) is 3.11. The number of halogens is 2. The van der Waals surface area contributed by atoms with Gasteiger partial charge in [-0.2, -0.15) is 0 Å². The minimum atomic E-state index is -0.0546. The maximum atomic E-state index is 12.3. The molecule has 0 aliphatic carbocycles. The van der Waals surface area contributed by atoms with Gasteiger partial charge >= 0.3 is 0 Å². The second kappa shape index (κ2) is 8.78. The second-order valence-corrected chi connectivity index (χ2v) is 7.02. The molecule has 2 aliphatic rings. The number of carbonyl (C=O) groups excluding carboxylic acids is 2. The van der Waals surface area contributed by atoms with E-state index in [4.69, 9.17) is 0 Å². The van der Waals surface area contributed by atoms with E-state index in [0.717, 1.165) is 23.9 Å². The normalized spacial score (nSPS) is 21.2. The molecule has 132 valence electrons. The highest BCUT2D eigenvalue weighted by Gasteiger charge is 2.31. The van der Waals surface area contributed by atoms with E-state index in [0.29, 0.717) is 31.7 Å². The fraction of sp³-hybridized carbons (Fsp3) is 0.562. The molecule has 2 aliphatic heterocycles. The zero-order chi connectivity index (χ0) is 16.2. The van der Waals surface area contributed by atoms with Gasteiger partial charge < -0.3 is 15.5 Å². The molecule has 1 unspecified atom stereocenters. The van der Waals surface area contributed by atoms with Crippen molar-refractivity contribution in [3.05, 3.63) is 22.8 Å². The molecule has 2 amide bonds. The molecule has 6 nitrogen and oxygen atoms in total. The third-order valence-electron chi connectivity index (χ3n) is 4.51. The summed E-state index contributed by atoms with van der Waals surface area (Å²) in [4.78, 5) is 30.7. The lowest BCUT2D eigenvalue weighted by Gasteiger charge is -2.32. The quantitative estimate of drug-likeness (QED) is 0.791. The van der Waals surface area contributed by atoms with Gasteiger partial charge in [-0.1, -0.05) is 0 Å². The van der Waals surface area contributed by atoms with Crippen LogP contribution in [0.2, 0.25) is 0 Å². The van der Waals surface area contributed by atoms with Crippen molar-refractivity contribution in [1.82, 2.24) is 15.2 Å². The van der Waals surface area contributed by atoms with Crippen LogP contribution in [0.15, 0.2) is 22.8 Å². The van der Waals surface area contributed by atoms with Crippen molar-refractivity contribution in [1.29, 1.82) is 0 Å². The predicted octanol–water partition coefficient (Wildman–Crippen LogP) is 2.20. The third-order valence-corrected chi connectivity index (χ3v) is 4.98. The molecule has 2 N–H and O–H groups in total. The van der Waals surface area contributed by atoms with Gasteiger partial charge in [0.25, 0.3) is 0 Å². The first-order valence-electron chi connectivity index (χ1n) is 8.08. The maximum Gasteiger partial charge on any atom is 0.239 e. The Balaban J connectivity index is 0.00000208. The zero-order valence-electron chi connectivity index (χ0n) is 13.3. The van der Waals surface area contributed by atoms with Crippen LogP contribution in [0.4, 0.5) is 5.82 Å². The van der Waals surface area contributed by atoms with Gasteiger partial charge in [-0.25, -0.2) is 4.98 Å². The maximum absolute atomic E-state index is 12.3. The average molecular weight is 418 g/mol. The summed E-state index contributed by atoms with van der Waals surface area (Å²) in [7, 11) is 0. The first-order chi connectivity index (χ1) is 11.1. The molecule has 3 heterocycles. The molecule has 2 saturated heterocycles. The Morgan fingerprint density at radius 1 is 1.25 bits per heavy atom. The monoisotopic (exact) mass is 416 g/mol. The first-order valence-corrected chi connectivity index (χ1v) is 8.87. The SMILES string of the molecule is Cl.O=C(Nc1ccc(Br)cn1)C1CCN(C(=O)C2CCCN2)CC1. The van der Waals surface area contributed by atoms with Crippen LogP contribution < -0.4 is 10.6 Å². The zero-order valence-corrected chi connectivity index (χ0v) is 15.7. The predicted molar refractivity (Wildman–Crippen MR) is 98.1 cm³/mol. The van der Waals surface area contributed by atoms with E-state index in [2.05, 4.69) is 31.5 Å². The Bertz CT molecular complexity index is 570. The van der Waals surface area contributed by atoms with Crippen molar-refractivity contribution in [2.24, 2.45) is 5.92 Å². The summed E-state index contributed by atoms with van der Waals surface area (Å²) >= 11 is 3.32. The number of hydrogen-bond acceptors (Lipinski definition) is 4. The van der Waals surface area contributed by atoms with Crippen molar-refractivity contribution in [3.63, 3.8) is 0 Å². The molecule has 0 radical (unpaired) electrons. The largest absolute Gasteiger partial charge is 0.341 e. The van der Waals surface area contributed by atoms with Gasteiger partial charge in [0.1, 0.15) is 5.82 Å². The van der Waals surface area contributed by atoms with Crippen LogP contribution >= 0.6 is 28.3 Å². The van der Waals surface area contributed by atoms with Crippen molar-refractivity contribution < 1.29 is 9.59 Å². The number of aromatic nitrogens is 1. The Labute approximate surface area is 156 Å². The van der Waals surface area contributed by atoms with E-state index in [1.54, 1.807) is 12.3 Å². The fourth-order valence-corrected chi connectivity index (χ4v) is 3.39. The number of likely N-dealkylation sites (tertiary alicyclic amines) is 1. The molecular weight excluding hydrogens is 396 g/mol. The summed E-state index contributed by atoms with van der Waals surface area (Å²) in [5.74, 6) is 0.690.